The Morgan fingerprint density at radius 1 is 0.868 bits per heavy atom. The van der Waals surface area contributed by atoms with Crippen molar-refractivity contribution in [2.24, 2.45) is 0 Å². The van der Waals surface area contributed by atoms with Gasteiger partial charge < -0.3 is 19.9 Å². The summed E-state index contributed by atoms with van der Waals surface area (Å²) in [5.74, 6) is 1.46. The molecule has 0 atom stereocenters. The molecule has 0 spiro atoms. The molecule has 2 aromatic heterocycles. The summed E-state index contributed by atoms with van der Waals surface area (Å²) in [6, 6.07) is 25.0. The number of para-hydroxylation sites is 2. The minimum atomic E-state index is -0.155. The van der Waals surface area contributed by atoms with Crippen molar-refractivity contribution in [3.8, 4) is 11.4 Å². The summed E-state index contributed by atoms with van der Waals surface area (Å²) >= 11 is 0. The Balaban J connectivity index is 1.21. The van der Waals surface area contributed by atoms with Crippen molar-refractivity contribution in [3.63, 3.8) is 0 Å². The molecule has 9 heteroatoms. The third-order valence-electron chi connectivity index (χ3n) is 6.74. The standard InChI is InChI=1S/C29H27N7O2/c1-38-26-13-12-21(29(37)33-22-8-4-2-5-9-22)18-25(26)34-14-16-35(17-15-34)27-24-19-32-36(28(24)31-20-30-27)23-10-6-3-7-11-23/h2-13,18-20H,14-17H2,1H3,(H,33,37). The predicted molar refractivity (Wildman–Crippen MR) is 148 cm³/mol. The third-order valence-corrected chi connectivity index (χ3v) is 6.74. The number of hydrogen-bond acceptors (Lipinski definition) is 7. The number of benzene rings is 3. The summed E-state index contributed by atoms with van der Waals surface area (Å²) in [7, 11) is 1.65. The maximum absolute atomic E-state index is 12.9. The van der Waals surface area contributed by atoms with Crippen LogP contribution < -0.4 is 19.9 Å². The number of anilines is 3. The average molecular weight is 506 g/mol. The molecule has 38 heavy (non-hydrogen) atoms. The van der Waals surface area contributed by atoms with Gasteiger partial charge in [-0.25, -0.2) is 14.6 Å². The first-order valence-corrected chi connectivity index (χ1v) is 12.5. The molecule has 0 radical (unpaired) electrons. The first-order chi connectivity index (χ1) is 18.7. The summed E-state index contributed by atoms with van der Waals surface area (Å²) < 4.78 is 7.49. The highest BCUT2D eigenvalue weighted by atomic mass is 16.5. The highest BCUT2D eigenvalue weighted by molar-refractivity contribution is 6.05. The smallest absolute Gasteiger partial charge is 0.255 e. The molecular weight excluding hydrogens is 478 g/mol. The van der Waals surface area contributed by atoms with Gasteiger partial charge in [-0.05, 0) is 42.5 Å². The average Bonchev–Trinajstić information content (AvgIpc) is 3.42. The lowest BCUT2D eigenvalue weighted by Gasteiger charge is -2.37. The van der Waals surface area contributed by atoms with Gasteiger partial charge in [0.1, 0.15) is 17.9 Å². The fourth-order valence-electron chi connectivity index (χ4n) is 4.80. The molecule has 5 aromatic rings. The van der Waals surface area contributed by atoms with E-state index in [1.165, 1.54) is 0 Å². The molecule has 3 aromatic carbocycles. The first-order valence-electron chi connectivity index (χ1n) is 12.5. The van der Waals surface area contributed by atoms with Crippen LogP contribution in [0.15, 0.2) is 91.4 Å². The van der Waals surface area contributed by atoms with Crippen LogP contribution in [0.5, 0.6) is 5.75 Å². The number of nitrogens with zero attached hydrogens (tertiary/aromatic N) is 6. The molecule has 6 rings (SSSR count). The molecule has 9 nitrogen and oxygen atoms in total. The summed E-state index contributed by atoms with van der Waals surface area (Å²) in [5.41, 5.74) is 3.98. The van der Waals surface area contributed by atoms with Gasteiger partial charge in [0, 0.05) is 37.4 Å². The zero-order valence-corrected chi connectivity index (χ0v) is 21.0. The van der Waals surface area contributed by atoms with Crippen LogP contribution in [-0.2, 0) is 0 Å². The zero-order chi connectivity index (χ0) is 25.9. The molecule has 1 N–H and O–H groups in total. The van der Waals surface area contributed by atoms with E-state index < -0.39 is 0 Å². The molecule has 1 fully saturated rings. The molecule has 0 aliphatic carbocycles. The van der Waals surface area contributed by atoms with Gasteiger partial charge in [0.25, 0.3) is 5.91 Å². The van der Waals surface area contributed by atoms with E-state index in [1.54, 1.807) is 19.5 Å². The zero-order valence-electron chi connectivity index (χ0n) is 21.0. The highest BCUT2D eigenvalue weighted by Gasteiger charge is 2.24. The fraction of sp³-hybridized carbons (Fsp3) is 0.172. The predicted octanol–water partition coefficient (Wildman–Crippen LogP) is 4.40. The number of aromatic nitrogens is 4. The number of piperazine rings is 1. The van der Waals surface area contributed by atoms with Crippen molar-refractivity contribution < 1.29 is 9.53 Å². The SMILES string of the molecule is COc1ccc(C(=O)Nc2ccccc2)cc1N1CCN(c2ncnc3c2cnn3-c2ccccc2)CC1. The quantitative estimate of drug-likeness (QED) is 0.366. The summed E-state index contributed by atoms with van der Waals surface area (Å²) in [6.45, 7) is 3.01. The van der Waals surface area contributed by atoms with E-state index in [9.17, 15) is 4.79 Å². The summed E-state index contributed by atoms with van der Waals surface area (Å²) in [4.78, 5) is 26.5. The van der Waals surface area contributed by atoms with Crippen molar-refractivity contribution in [1.82, 2.24) is 19.7 Å². The van der Waals surface area contributed by atoms with Crippen LogP contribution in [0.4, 0.5) is 17.2 Å². The fourth-order valence-corrected chi connectivity index (χ4v) is 4.80. The van der Waals surface area contributed by atoms with Crippen molar-refractivity contribution in [2.45, 2.75) is 0 Å². The van der Waals surface area contributed by atoms with E-state index in [-0.39, 0.29) is 5.91 Å². The normalized spacial score (nSPS) is 13.5. The molecule has 190 valence electrons. The van der Waals surface area contributed by atoms with E-state index in [1.807, 2.05) is 83.7 Å². The van der Waals surface area contributed by atoms with Crippen molar-refractivity contribution in [1.29, 1.82) is 0 Å². The second-order valence-corrected chi connectivity index (χ2v) is 9.01. The second-order valence-electron chi connectivity index (χ2n) is 9.01. The minimum absolute atomic E-state index is 0.155. The molecule has 0 unspecified atom stereocenters. The molecule has 1 aliphatic rings. The monoisotopic (exact) mass is 505 g/mol. The largest absolute Gasteiger partial charge is 0.495 e. The number of nitrogens with one attached hydrogen (secondary N) is 1. The van der Waals surface area contributed by atoms with Crippen molar-refractivity contribution in [3.05, 3.63) is 97.0 Å². The summed E-state index contributed by atoms with van der Waals surface area (Å²) in [5, 5.41) is 8.46. The number of amides is 1. The Kier molecular flexibility index (Phi) is 6.31. The van der Waals surface area contributed by atoms with Gasteiger partial charge in [0.05, 0.1) is 30.1 Å². The number of fused-ring (bicyclic) bond motifs is 1. The Morgan fingerprint density at radius 2 is 1.58 bits per heavy atom. The topological polar surface area (TPSA) is 88.4 Å². The highest BCUT2D eigenvalue weighted by Crippen LogP contribution is 2.32. The Bertz CT molecular complexity index is 1560. The van der Waals surface area contributed by atoms with Gasteiger partial charge in [0.15, 0.2) is 5.65 Å². The Morgan fingerprint density at radius 3 is 2.32 bits per heavy atom. The van der Waals surface area contributed by atoms with Crippen molar-refractivity contribution >= 4 is 34.1 Å². The maximum Gasteiger partial charge on any atom is 0.255 e. The van der Waals surface area contributed by atoms with Crippen molar-refractivity contribution in [2.75, 3.05) is 48.4 Å². The lowest BCUT2D eigenvalue weighted by molar-refractivity contribution is 0.102. The maximum atomic E-state index is 12.9. The van der Waals surface area contributed by atoms with Gasteiger partial charge in [0.2, 0.25) is 0 Å². The van der Waals surface area contributed by atoms with E-state index in [2.05, 4.69) is 30.2 Å². The number of carbonyl (C=O) groups is 1. The van der Waals surface area contributed by atoms with Crippen LogP contribution in [0, 0.1) is 0 Å². The molecule has 0 bridgehead atoms. The Hall–Kier alpha value is -4.92. The molecule has 1 saturated heterocycles. The van der Waals surface area contributed by atoms with Crippen LogP contribution in [0.2, 0.25) is 0 Å². The third kappa shape index (κ3) is 4.50. The van der Waals surface area contributed by atoms with Gasteiger partial charge in [-0.2, -0.15) is 5.10 Å². The van der Waals surface area contributed by atoms with Crippen LogP contribution in [-0.4, -0.2) is 58.9 Å². The Labute approximate surface area is 220 Å². The van der Waals surface area contributed by atoms with Crippen LogP contribution in [0.3, 0.4) is 0 Å². The van der Waals surface area contributed by atoms with Crippen LogP contribution in [0.1, 0.15) is 10.4 Å². The summed E-state index contributed by atoms with van der Waals surface area (Å²) in [6.07, 6.45) is 3.44. The number of methoxy groups -OCH3 is 1. The number of rotatable bonds is 6. The first kappa shape index (κ1) is 23.5. The number of hydrogen-bond donors (Lipinski definition) is 1. The van der Waals surface area contributed by atoms with Crippen LogP contribution in [0.25, 0.3) is 16.7 Å². The number of carbonyl (C=O) groups excluding carboxylic acids is 1. The minimum Gasteiger partial charge on any atom is -0.495 e. The molecular formula is C29H27N7O2. The van der Waals surface area contributed by atoms with Gasteiger partial charge >= 0.3 is 0 Å². The lowest BCUT2D eigenvalue weighted by atomic mass is 10.1. The van der Waals surface area contributed by atoms with Gasteiger partial charge in [-0.1, -0.05) is 36.4 Å². The molecule has 1 aliphatic heterocycles. The molecule has 0 saturated carbocycles. The molecule has 3 heterocycles. The number of ether oxygens (including phenoxy) is 1. The lowest BCUT2D eigenvalue weighted by Crippen LogP contribution is -2.47. The van der Waals surface area contributed by atoms with Gasteiger partial charge in [-0.15, -0.1) is 0 Å². The van der Waals surface area contributed by atoms with Gasteiger partial charge in [-0.3, -0.25) is 4.79 Å². The van der Waals surface area contributed by atoms with E-state index >= 15 is 0 Å². The van der Waals surface area contributed by atoms with E-state index in [0.717, 1.165) is 65.8 Å². The molecule has 1 amide bonds. The van der Waals surface area contributed by atoms with E-state index in [0.29, 0.717) is 5.56 Å². The van der Waals surface area contributed by atoms with Crippen LogP contribution >= 0.6 is 0 Å². The van der Waals surface area contributed by atoms with E-state index in [4.69, 9.17) is 4.74 Å². The second kappa shape index (κ2) is 10.2.